The minimum Gasteiger partial charge on any atom is -0.361 e. The molecular weight excluding hydrogens is 320 g/mol. The van der Waals surface area contributed by atoms with Gasteiger partial charge in [-0.1, -0.05) is 23.4 Å². The van der Waals surface area contributed by atoms with E-state index in [2.05, 4.69) is 21.1 Å². The minimum atomic E-state index is -1.09. The van der Waals surface area contributed by atoms with Crippen molar-refractivity contribution in [3.63, 3.8) is 0 Å². The van der Waals surface area contributed by atoms with Gasteiger partial charge in [0.05, 0.1) is 11.7 Å². The number of nitrogens with zero attached hydrogens (tertiary/aromatic N) is 1. The lowest BCUT2D eigenvalue weighted by molar-refractivity contribution is -0.126. The Labute approximate surface area is 147 Å². The summed E-state index contributed by atoms with van der Waals surface area (Å²) in [6, 6.07) is 8.31. The van der Waals surface area contributed by atoms with Gasteiger partial charge in [-0.25, -0.2) is 4.79 Å². The molecule has 7 nitrogen and oxygen atoms in total. The van der Waals surface area contributed by atoms with Crippen molar-refractivity contribution in [1.29, 1.82) is 0 Å². The van der Waals surface area contributed by atoms with Crippen LogP contribution < -0.4 is 16.0 Å². The third kappa shape index (κ3) is 4.59. The van der Waals surface area contributed by atoms with Crippen LogP contribution in [-0.4, -0.2) is 22.6 Å². The van der Waals surface area contributed by atoms with Crippen LogP contribution in [0.1, 0.15) is 43.8 Å². The van der Waals surface area contributed by atoms with Crippen molar-refractivity contribution < 1.29 is 14.1 Å². The van der Waals surface area contributed by atoms with Crippen molar-refractivity contribution in [2.24, 2.45) is 0 Å². The molecule has 0 aliphatic rings. The summed E-state index contributed by atoms with van der Waals surface area (Å²) in [5, 5.41) is 12.2. The predicted molar refractivity (Wildman–Crippen MR) is 95.2 cm³/mol. The third-order valence-electron chi connectivity index (χ3n) is 3.89. The quantitative estimate of drug-likeness (QED) is 0.776. The highest BCUT2D eigenvalue weighted by Gasteiger charge is 2.31. The summed E-state index contributed by atoms with van der Waals surface area (Å²) in [5.41, 5.74) is 1.14. The summed E-state index contributed by atoms with van der Waals surface area (Å²) in [7, 11) is 0. The Bertz CT molecular complexity index is 733. The van der Waals surface area contributed by atoms with Crippen LogP contribution >= 0.6 is 0 Å². The molecular formula is C18H24N4O3. The maximum atomic E-state index is 12.6. The lowest BCUT2D eigenvalue weighted by Gasteiger charge is -2.27. The molecule has 0 saturated heterocycles. The first-order chi connectivity index (χ1) is 11.7. The van der Waals surface area contributed by atoms with Crippen LogP contribution in [0.4, 0.5) is 10.5 Å². The standard InChI is InChI=1S/C18H24N4O3/c1-11(15-12(2)22-25-13(15)3)19-16(23)18(4,5)21-17(24)20-14-9-7-6-8-10-14/h6-11H,1-5H3,(H,19,23)(H2,20,21,24). The minimum absolute atomic E-state index is 0.281. The number of aromatic nitrogens is 1. The lowest BCUT2D eigenvalue weighted by atomic mass is 10.0. The van der Waals surface area contributed by atoms with E-state index in [0.717, 1.165) is 11.3 Å². The second-order valence-corrected chi connectivity index (χ2v) is 6.50. The van der Waals surface area contributed by atoms with Crippen LogP contribution in [0.25, 0.3) is 0 Å². The van der Waals surface area contributed by atoms with Crippen molar-refractivity contribution in [3.05, 3.63) is 47.3 Å². The number of benzene rings is 1. The highest BCUT2D eigenvalue weighted by Crippen LogP contribution is 2.21. The number of rotatable bonds is 5. The number of para-hydroxylation sites is 1. The molecule has 0 aliphatic carbocycles. The highest BCUT2D eigenvalue weighted by atomic mass is 16.5. The van der Waals surface area contributed by atoms with Gasteiger partial charge in [-0.3, -0.25) is 4.79 Å². The van der Waals surface area contributed by atoms with E-state index in [4.69, 9.17) is 4.52 Å². The molecule has 2 rings (SSSR count). The highest BCUT2D eigenvalue weighted by molar-refractivity contribution is 5.95. The van der Waals surface area contributed by atoms with Crippen molar-refractivity contribution >= 4 is 17.6 Å². The Hall–Kier alpha value is -2.83. The summed E-state index contributed by atoms with van der Waals surface area (Å²) >= 11 is 0. The molecule has 0 radical (unpaired) electrons. The second-order valence-electron chi connectivity index (χ2n) is 6.50. The fourth-order valence-corrected chi connectivity index (χ4v) is 2.58. The SMILES string of the molecule is Cc1noc(C)c1C(C)NC(=O)C(C)(C)NC(=O)Nc1ccccc1. The fourth-order valence-electron chi connectivity index (χ4n) is 2.58. The summed E-state index contributed by atoms with van der Waals surface area (Å²) in [5.74, 6) is 0.362. The number of nitrogens with one attached hydrogen (secondary N) is 3. The molecule has 1 aromatic carbocycles. The molecule has 1 unspecified atom stereocenters. The van der Waals surface area contributed by atoms with Gasteiger partial charge in [0, 0.05) is 11.3 Å². The maximum absolute atomic E-state index is 12.6. The van der Waals surface area contributed by atoms with E-state index in [1.165, 1.54) is 0 Å². The van der Waals surface area contributed by atoms with Gasteiger partial charge in [-0.15, -0.1) is 0 Å². The molecule has 3 amide bonds. The van der Waals surface area contributed by atoms with Crippen LogP contribution in [0.15, 0.2) is 34.9 Å². The molecule has 0 spiro atoms. The zero-order chi connectivity index (χ0) is 18.6. The largest absolute Gasteiger partial charge is 0.361 e. The van der Waals surface area contributed by atoms with Gasteiger partial charge in [0.15, 0.2) is 0 Å². The molecule has 7 heteroatoms. The van der Waals surface area contributed by atoms with Gasteiger partial charge in [0.25, 0.3) is 0 Å². The van der Waals surface area contributed by atoms with Gasteiger partial charge < -0.3 is 20.5 Å². The molecule has 0 fully saturated rings. The van der Waals surface area contributed by atoms with Crippen LogP contribution in [0.3, 0.4) is 0 Å². The molecule has 1 aromatic heterocycles. The summed E-state index contributed by atoms with van der Waals surface area (Å²) < 4.78 is 5.13. The third-order valence-corrected chi connectivity index (χ3v) is 3.89. The zero-order valence-corrected chi connectivity index (χ0v) is 15.1. The Kier molecular flexibility index (Phi) is 5.46. The first-order valence-corrected chi connectivity index (χ1v) is 8.08. The molecule has 2 aromatic rings. The average Bonchev–Trinajstić information content (AvgIpc) is 2.86. The first kappa shape index (κ1) is 18.5. The normalized spacial score (nSPS) is 12.4. The van der Waals surface area contributed by atoms with Gasteiger partial charge in [-0.05, 0) is 46.8 Å². The molecule has 134 valence electrons. The van der Waals surface area contributed by atoms with Crippen LogP contribution in [-0.2, 0) is 4.79 Å². The van der Waals surface area contributed by atoms with Gasteiger partial charge in [0.1, 0.15) is 11.3 Å². The molecule has 0 saturated carbocycles. The van der Waals surface area contributed by atoms with Crippen LogP contribution in [0.5, 0.6) is 0 Å². The maximum Gasteiger partial charge on any atom is 0.320 e. The Morgan fingerprint density at radius 1 is 1.16 bits per heavy atom. The number of hydrogen-bond donors (Lipinski definition) is 3. The monoisotopic (exact) mass is 344 g/mol. The van der Waals surface area contributed by atoms with Crippen LogP contribution in [0.2, 0.25) is 0 Å². The van der Waals surface area contributed by atoms with E-state index in [9.17, 15) is 9.59 Å². The van der Waals surface area contributed by atoms with Gasteiger partial charge >= 0.3 is 6.03 Å². The van der Waals surface area contributed by atoms with E-state index < -0.39 is 11.6 Å². The average molecular weight is 344 g/mol. The number of amides is 3. The zero-order valence-electron chi connectivity index (χ0n) is 15.1. The Morgan fingerprint density at radius 3 is 2.36 bits per heavy atom. The summed E-state index contributed by atoms with van der Waals surface area (Å²) in [6.45, 7) is 8.77. The van der Waals surface area contributed by atoms with E-state index >= 15 is 0 Å². The fraction of sp³-hybridized carbons (Fsp3) is 0.389. The van der Waals surface area contributed by atoms with Crippen LogP contribution in [0, 0.1) is 13.8 Å². The Balaban J connectivity index is 1.98. The molecule has 1 atom stereocenters. The summed E-state index contributed by atoms with van der Waals surface area (Å²) in [4.78, 5) is 24.7. The van der Waals surface area contributed by atoms with Crippen molar-refractivity contribution in [2.45, 2.75) is 46.2 Å². The number of anilines is 1. The smallest absolute Gasteiger partial charge is 0.320 e. The number of hydrogen-bond acceptors (Lipinski definition) is 4. The molecule has 3 N–H and O–H groups in total. The number of carbonyl (C=O) groups is 2. The molecule has 1 heterocycles. The first-order valence-electron chi connectivity index (χ1n) is 8.08. The van der Waals surface area contributed by atoms with Gasteiger partial charge in [0.2, 0.25) is 5.91 Å². The van der Waals surface area contributed by atoms with Crippen molar-refractivity contribution in [2.75, 3.05) is 5.32 Å². The van der Waals surface area contributed by atoms with E-state index in [1.807, 2.05) is 32.0 Å². The summed E-state index contributed by atoms with van der Waals surface area (Å²) in [6.07, 6.45) is 0. The second kappa shape index (κ2) is 7.38. The lowest BCUT2D eigenvalue weighted by Crippen LogP contribution is -2.56. The van der Waals surface area contributed by atoms with Crippen molar-refractivity contribution in [1.82, 2.24) is 15.8 Å². The molecule has 25 heavy (non-hydrogen) atoms. The van der Waals surface area contributed by atoms with Gasteiger partial charge in [-0.2, -0.15) is 0 Å². The van der Waals surface area contributed by atoms with E-state index in [-0.39, 0.29) is 11.9 Å². The van der Waals surface area contributed by atoms with Crippen molar-refractivity contribution in [3.8, 4) is 0 Å². The topological polar surface area (TPSA) is 96.3 Å². The molecule has 0 bridgehead atoms. The number of carbonyl (C=O) groups excluding carboxylic acids is 2. The number of aryl methyl sites for hydroxylation is 2. The van der Waals surface area contributed by atoms with E-state index in [1.54, 1.807) is 32.9 Å². The Morgan fingerprint density at radius 2 is 1.80 bits per heavy atom. The predicted octanol–water partition coefficient (Wildman–Crippen LogP) is 3.07. The number of urea groups is 1. The molecule has 0 aliphatic heterocycles. The van der Waals surface area contributed by atoms with E-state index in [0.29, 0.717) is 11.4 Å².